The van der Waals surface area contributed by atoms with Crippen LogP contribution < -0.4 is 5.32 Å². The summed E-state index contributed by atoms with van der Waals surface area (Å²) in [6.07, 6.45) is 5.05. The number of nitrogens with one attached hydrogen (secondary N) is 1. The van der Waals surface area contributed by atoms with Gasteiger partial charge in [-0.25, -0.2) is 4.98 Å². The van der Waals surface area contributed by atoms with E-state index in [9.17, 15) is 4.79 Å². The van der Waals surface area contributed by atoms with Crippen molar-refractivity contribution in [3.05, 3.63) is 23.5 Å². The molecule has 1 fully saturated rings. The van der Waals surface area contributed by atoms with Crippen molar-refractivity contribution in [1.29, 1.82) is 0 Å². The molecule has 0 bridgehead atoms. The summed E-state index contributed by atoms with van der Waals surface area (Å²) in [5, 5.41) is 12.8. The minimum absolute atomic E-state index is 0.211. The van der Waals surface area contributed by atoms with Crippen molar-refractivity contribution in [2.75, 3.05) is 5.32 Å². The zero-order valence-electron chi connectivity index (χ0n) is 9.40. The summed E-state index contributed by atoms with van der Waals surface area (Å²) >= 11 is 5.80. The summed E-state index contributed by atoms with van der Waals surface area (Å²) in [6.45, 7) is 0. The first-order chi connectivity index (χ1) is 8.15. The van der Waals surface area contributed by atoms with Gasteiger partial charge in [-0.1, -0.05) is 18.0 Å². The maximum atomic E-state index is 10.9. The Morgan fingerprint density at radius 3 is 3.06 bits per heavy atom. The Morgan fingerprint density at radius 1 is 1.53 bits per heavy atom. The number of aromatic nitrogens is 1. The molecule has 92 valence electrons. The molecule has 1 aliphatic rings. The van der Waals surface area contributed by atoms with Crippen LogP contribution in [0.1, 0.15) is 25.7 Å². The lowest BCUT2D eigenvalue weighted by atomic mass is 9.86. The van der Waals surface area contributed by atoms with E-state index in [2.05, 4.69) is 10.3 Å². The van der Waals surface area contributed by atoms with Crippen molar-refractivity contribution >= 4 is 23.3 Å². The van der Waals surface area contributed by atoms with Crippen molar-refractivity contribution in [1.82, 2.24) is 4.98 Å². The van der Waals surface area contributed by atoms with Gasteiger partial charge in [0.2, 0.25) is 0 Å². The molecule has 2 N–H and O–H groups in total. The second kappa shape index (κ2) is 5.36. The van der Waals surface area contributed by atoms with Crippen LogP contribution >= 0.6 is 11.6 Å². The number of hydrogen-bond acceptors (Lipinski definition) is 3. The Bertz CT molecular complexity index is 411. The summed E-state index contributed by atoms with van der Waals surface area (Å²) in [5.41, 5.74) is 0.904. The molecule has 17 heavy (non-hydrogen) atoms. The third-order valence-electron chi connectivity index (χ3n) is 3.12. The van der Waals surface area contributed by atoms with Crippen LogP contribution in [0.4, 0.5) is 5.69 Å². The number of carbonyl (C=O) groups is 1. The van der Waals surface area contributed by atoms with Crippen molar-refractivity contribution < 1.29 is 9.90 Å². The van der Waals surface area contributed by atoms with Crippen molar-refractivity contribution in [2.45, 2.75) is 31.7 Å². The van der Waals surface area contributed by atoms with Crippen LogP contribution in [0.3, 0.4) is 0 Å². The molecule has 0 aromatic carbocycles. The van der Waals surface area contributed by atoms with Gasteiger partial charge in [-0.05, 0) is 31.4 Å². The summed E-state index contributed by atoms with van der Waals surface area (Å²) in [4.78, 5) is 14.9. The molecule has 2 atom stereocenters. The van der Waals surface area contributed by atoms with Crippen LogP contribution in [0.5, 0.6) is 0 Å². The number of carboxylic acids is 1. The molecular weight excluding hydrogens is 240 g/mol. The SMILES string of the molecule is O=C(O)C1CCCC(Nc2ccnc(Cl)c2)C1. The van der Waals surface area contributed by atoms with E-state index in [1.165, 1.54) is 0 Å². The van der Waals surface area contributed by atoms with Gasteiger partial charge in [0.25, 0.3) is 0 Å². The maximum absolute atomic E-state index is 10.9. The molecule has 0 spiro atoms. The molecule has 1 aliphatic carbocycles. The van der Waals surface area contributed by atoms with Gasteiger partial charge in [-0.15, -0.1) is 0 Å². The lowest BCUT2D eigenvalue weighted by Crippen LogP contribution is -2.30. The minimum Gasteiger partial charge on any atom is -0.481 e. The van der Waals surface area contributed by atoms with E-state index >= 15 is 0 Å². The van der Waals surface area contributed by atoms with Crippen LogP contribution in [0.2, 0.25) is 5.15 Å². The van der Waals surface area contributed by atoms with E-state index in [0.717, 1.165) is 24.9 Å². The third kappa shape index (κ3) is 3.33. The lowest BCUT2D eigenvalue weighted by molar-refractivity contribution is -0.142. The number of nitrogens with zero attached hydrogens (tertiary/aromatic N) is 1. The summed E-state index contributed by atoms with van der Waals surface area (Å²) in [6, 6.07) is 3.81. The first-order valence-electron chi connectivity index (χ1n) is 5.76. The number of carboxylic acid groups (broad SMARTS) is 1. The molecule has 4 nitrogen and oxygen atoms in total. The molecule has 5 heteroatoms. The molecule has 1 aromatic heterocycles. The fraction of sp³-hybridized carbons (Fsp3) is 0.500. The second-order valence-electron chi connectivity index (χ2n) is 4.41. The fourth-order valence-electron chi connectivity index (χ4n) is 2.27. The monoisotopic (exact) mass is 254 g/mol. The number of aliphatic carboxylic acids is 1. The van der Waals surface area contributed by atoms with E-state index in [0.29, 0.717) is 11.6 Å². The number of anilines is 1. The Kier molecular flexibility index (Phi) is 3.84. The first kappa shape index (κ1) is 12.2. The highest BCUT2D eigenvalue weighted by Crippen LogP contribution is 2.27. The third-order valence-corrected chi connectivity index (χ3v) is 3.33. The molecular formula is C12H15ClN2O2. The highest BCUT2D eigenvalue weighted by molar-refractivity contribution is 6.29. The average molecular weight is 255 g/mol. The molecule has 1 aromatic rings. The Balaban J connectivity index is 1.97. The number of pyridine rings is 1. The molecule has 2 rings (SSSR count). The Labute approximate surface area is 105 Å². The standard InChI is InChI=1S/C12H15ClN2O2/c13-11-7-10(4-5-14-11)15-9-3-1-2-8(6-9)12(16)17/h4-5,7-9H,1-3,6H2,(H,14,15)(H,16,17). The van der Waals surface area contributed by atoms with Crippen molar-refractivity contribution in [3.8, 4) is 0 Å². The molecule has 0 saturated heterocycles. The van der Waals surface area contributed by atoms with Crippen LogP contribution in [-0.2, 0) is 4.79 Å². The van der Waals surface area contributed by atoms with Crippen LogP contribution in [0.25, 0.3) is 0 Å². The molecule has 0 aliphatic heterocycles. The van der Waals surface area contributed by atoms with Crippen LogP contribution in [0, 0.1) is 5.92 Å². The molecule has 1 saturated carbocycles. The van der Waals surface area contributed by atoms with Gasteiger partial charge >= 0.3 is 5.97 Å². The zero-order valence-corrected chi connectivity index (χ0v) is 10.2. The molecule has 2 unspecified atom stereocenters. The Morgan fingerprint density at radius 2 is 2.35 bits per heavy atom. The molecule has 1 heterocycles. The van der Waals surface area contributed by atoms with Gasteiger partial charge in [0.15, 0.2) is 0 Å². The maximum Gasteiger partial charge on any atom is 0.306 e. The summed E-state index contributed by atoms with van der Waals surface area (Å²) in [7, 11) is 0. The lowest BCUT2D eigenvalue weighted by Gasteiger charge is -2.28. The van der Waals surface area contributed by atoms with Gasteiger partial charge in [-0.3, -0.25) is 4.79 Å². The van der Waals surface area contributed by atoms with Crippen molar-refractivity contribution in [2.24, 2.45) is 5.92 Å². The fourth-order valence-corrected chi connectivity index (χ4v) is 2.45. The topological polar surface area (TPSA) is 62.2 Å². The summed E-state index contributed by atoms with van der Waals surface area (Å²) in [5.74, 6) is -0.914. The van der Waals surface area contributed by atoms with Crippen LogP contribution in [0.15, 0.2) is 18.3 Å². The first-order valence-corrected chi connectivity index (χ1v) is 6.14. The quantitative estimate of drug-likeness (QED) is 0.815. The van der Waals surface area contributed by atoms with E-state index in [1.54, 1.807) is 12.3 Å². The predicted molar refractivity (Wildman–Crippen MR) is 66.3 cm³/mol. The van der Waals surface area contributed by atoms with E-state index in [-0.39, 0.29) is 12.0 Å². The smallest absolute Gasteiger partial charge is 0.306 e. The van der Waals surface area contributed by atoms with E-state index in [4.69, 9.17) is 16.7 Å². The molecule has 0 amide bonds. The van der Waals surface area contributed by atoms with Crippen LogP contribution in [-0.4, -0.2) is 22.1 Å². The minimum atomic E-state index is -0.690. The van der Waals surface area contributed by atoms with Gasteiger partial charge in [0, 0.05) is 17.9 Å². The molecule has 0 radical (unpaired) electrons. The predicted octanol–water partition coefficient (Wildman–Crippen LogP) is 2.79. The normalized spacial score (nSPS) is 24.3. The van der Waals surface area contributed by atoms with Gasteiger partial charge < -0.3 is 10.4 Å². The average Bonchev–Trinajstić information content (AvgIpc) is 2.29. The van der Waals surface area contributed by atoms with Gasteiger partial charge in [0.05, 0.1) is 5.92 Å². The number of halogens is 1. The second-order valence-corrected chi connectivity index (χ2v) is 4.80. The Hall–Kier alpha value is -1.29. The van der Waals surface area contributed by atoms with E-state index < -0.39 is 5.97 Å². The highest BCUT2D eigenvalue weighted by Gasteiger charge is 2.26. The largest absolute Gasteiger partial charge is 0.481 e. The summed E-state index contributed by atoms with van der Waals surface area (Å²) < 4.78 is 0. The number of rotatable bonds is 3. The van der Waals surface area contributed by atoms with E-state index in [1.807, 2.05) is 6.07 Å². The highest BCUT2D eigenvalue weighted by atomic mass is 35.5. The van der Waals surface area contributed by atoms with Crippen molar-refractivity contribution in [3.63, 3.8) is 0 Å². The zero-order chi connectivity index (χ0) is 12.3. The van der Waals surface area contributed by atoms with Gasteiger partial charge in [-0.2, -0.15) is 0 Å². The number of hydrogen-bond donors (Lipinski definition) is 2. The van der Waals surface area contributed by atoms with Gasteiger partial charge in [0.1, 0.15) is 5.15 Å².